The number of benzene rings is 2. The molecule has 182 valence electrons. The van der Waals surface area contributed by atoms with Crippen LogP contribution in [0, 0.1) is 18.7 Å². The predicted molar refractivity (Wildman–Crippen MR) is 142 cm³/mol. The molecule has 5 rings (SSSR count). The zero-order valence-corrected chi connectivity index (χ0v) is 21.1. The van der Waals surface area contributed by atoms with Crippen molar-refractivity contribution in [1.29, 1.82) is 0 Å². The van der Waals surface area contributed by atoms with Crippen molar-refractivity contribution in [2.45, 2.75) is 45.4 Å². The van der Waals surface area contributed by atoms with E-state index in [1.54, 1.807) is 12.1 Å². The summed E-state index contributed by atoms with van der Waals surface area (Å²) in [4.78, 5) is 19.7. The largest absolute Gasteiger partial charge is 0.392 e. The van der Waals surface area contributed by atoms with E-state index in [4.69, 9.17) is 4.98 Å². The maximum absolute atomic E-state index is 13.5. The monoisotopic (exact) mass is 502 g/mol. The molecule has 2 aromatic carbocycles. The van der Waals surface area contributed by atoms with Gasteiger partial charge in [-0.2, -0.15) is 27.0 Å². The normalized spacial score (nSPS) is 19.1. The lowest BCUT2D eigenvalue weighted by atomic mass is 10.0. The number of carbonyl (C=O) groups excluding carboxylic acids is 1. The number of imidazole rings is 1. The van der Waals surface area contributed by atoms with Gasteiger partial charge in [0.2, 0.25) is 5.91 Å². The van der Waals surface area contributed by atoms with Crippen molar-refractivity contribution >= 4 is 44.4 Å². The number of aliphatic hydroxyl groups is 1. The Morgan fingerprint density at radius 3 is 2.41 bits per heavy atom. The molecule has 0 spiro atoms. The van der Waals surface area contributed by atoms with E-state index >= 15 is 0 Å². The molecule has 6 nitrogen and oxygen atoms in total. The lowest BCUT2D eigenvalue weighted by Crippen LogP contribution is -2.43. The van der Waals surface area contributed by atoms with Gasteiger partial charge in [-0.1, -0.05) is 17.7 Å². The van der Waals surface area contributed by atoms with Crippen LogP contribution in [0.4, 0.5) is 15.9 Å². The van der Waals surface area contributed by atoms with Crippen LogP contribution < -0.4 is 5.32 Å². The van der Waals surface area contributed by atoms with Gasteiger partial charge in [-0.25, -0.2) is 9.37 Å². The first-order valence-electron chi connectivity index (χ1n) is 11.2. The second-order valence-corrected chi connectivity index (χ2v) is 8.74. The number of hydrogen-bond donors (Lipinski definition) is 2. The Morgan fingerprint density at radius 1 is 1.06 bits per heavy atom. The summed E-state index contributed by atoms with van der Waals surface area (Å²) in [6, 6.07) is 14.4. The highest BCUT2D eigenvalue weighted by Crippen LogP contribution is 2.34. The van der Waals surface area contributed by atoms with Gasteiger partial charge in [0.15, 0.2) is 0 Å². The molecular formula is C25H31FN4O2S2. The predicted octanol–water partition coefficient (Wildman–Crippen LogP) is 4.47. The van der Waals surface area contributed by atoms with Crippen LogP contribution in [0.15, 0.2) is 48.5 Å². The van der Waals surface area contributed by atoms with Gasteiger partial charge in [0.1, 0.15) is 23.2 Å². The molecule has 0 radical (unpaired) electrons. The molecule has 0 unspecified atom stereocenters. The maximum Gasteiger partial charge on any atom is 0.228 e. The molecule has 1 amide bonds. The van der Waals surface area contributed by atoms with Crippen molar-refractivity contribution in [2.75, 3.05) is 11.9 Å². The summed E-state index contributed by atoms with van der Waals surface area (Å²) in [5.41, 5.74) is 3.66. The number of amides is 1. The maximum atomic E-state index is 13.5. The van der Waals surface area contributed by atoms with Gasteiger partial charge in [-0.3, -0.25) is 4.79 Å². The summed E-state index contributed by atoms with van der Waals surface area (Å²) >= 11 is 0. The number of nitrogens with one attached hydrogen (secondary N) is 1. The summed E-state index contributed by atoms with van der Waals surface area (Å²) < 4.78 is 15.6. The van der Waals surface area contributed by atoms with E-state index in [0.29, 0.717) is 26.1 Å². The van der Waals surface area contributed by atoms with E-state index in [1.165, 1.54) is 17.7 Å². The zero-order chi connectivity index (χ0) is 22.2. The molecule has 2 N–H and O–H groups in total. The smallest absolute Gasteiger partial charge is 0.228 e. The molecule has 2 aliphatic rings. The number of anilines is 2. The SMILES string of the molecule is Cc1ccc(Nc2c(-c3ccc(F)cc3)nc3n2CCN(C(=O)[C@H]2CCC[C@@H]2O)C3)cc1.S.S. The highest BCUT2D eigenvalue weighted by atomic mass is 32.1. The Kier molecular flexibility index (Phi) is 8.33. The molecule has 34 heavy (non-hydrogen) atoms. The Labute approximate surface area is 213 Å². The number of carbonyl (C=O) groups is 1. The van der Waals surface area contributed by atoms with E-state index in [1.807, 2.05) is 36.1 Å². The van der Waals surface area contributed by atoms with Gasteiger partial charge < -0.3 is 19.9 Å². The second-order valence-electron chi connectivity index (χ2n) is 8.74. The molecule has 0 saturated heterocycles. The number of aryl methyl sites for hydroxylation is 1. The molecule has 1 aliphatic heterocycles. The standard InChI is InChI=1S/C25H27FN4O2.2H2S/c1-16-5-11-19(12-6-16)27-24-23(17-7-9-18(26)10-8-17)28-22-15-29(13-14-30(22)24)25(32)20-3-2-4-21(20)31;;/h5-12,20-21,27,31H,2-4,13-15H2,1H3;2*1H2/t20-,21-;;/m0../s1. The van der Waals surface area contributed by atoms with Gasteiger partial charge >= 0.3 is 0 Å². The topological polar surface area (TPSA) is 70.4 Å². The van der Waals surface area contributed by atoms with Crippen LogP contribution in [0.3, 0.4) is 0 Å². The molecule has 3 aromatic rings. The first-order chi connectivity index (χ1) is 15.5. The van der Waals surface area contributed by atoms with E-state index < -0.39 is 6.10 Å². The minimum atomic E-state index is -0.544. The summed E-state index contributed by atoms with van der Waals surface area (Å²) in [6.45, 7) is 3.61. The van der Waals surface area contributed by atoms with Gasteiger partial charge in [-0.05, 0) is 62.6 Å². The van der Waals surface area contributed by atoms with Crippen molar-refractivity contribution < 1.29 is 14.3 Å². The van der Waals surface area contributed by atoms with Crippen LogP contribution in [0.25, 0.3) is 11.3 Å². The first kappa shape index (κ1) is 26.1. The highest BCUT2D eigenvalue weighted by molar-refractivity contribution is 7.59. The Bertz CT molecular complexity index is 1140. The van der Waals surface area contributed by atoms with Gasteiger partial charge in [-0.15, -0.1) is 0 Å². The molecule has 1 fully saturated rings. The van der Waals surface area contributed by atoms with Crippen molar-refractivity contribution in [3.8, 4) is 11.3 Å². The molecular weight excluding hydrogens is 471 g/mol. The van der Waals surface area contributed by atoms with Crippen LogP contribution in [0.2, 0.25) is 0 Å². The molecule has 0 bridgehead atoms. The molecule has 1 aliphatic carbocycles. The summed E-state index contributed by atoms with van der Waals surface area (Å²) in [5, 5.41) is 13.7. The van der Waals surface area contributed by atoms with E-state index in [9.17, 15) is 14.3 Å². The number of halogens is 1. The number of rotatable bonds is 4. The van der Waals surface area contributed by atoms with E-state index in [-0.39, 0.29) is 44.6 Å². The van der Waals surface area contributed by atoms with Crippen LogP contribution in [0.5, 0.6) is 0 Å². The van der Waals surface area contributed by atoms with Crippen LogP contribution >= 0.6 is 27.0 Å². The van der Waals surface area contributed by atoms with Crippen molar-refractivity contribution in [3.05, 3.63) is 65.7 Å². The van der Waals surface area contributed by atoms with Crippen molar-refractivity contribution in [1.82, 2.24) is 14.5 Å². The number of aliphatic hydroxyl groups excluding tert-OH is 1. The fourth-order valence-electron chi connectivity index (χ4n) is 4.69. The van der Waals surface area contributed by atoms with Crippen LogP contribution in [-0.4, -0.2) is 38.1 Å². The lowest BCUT2D eigenvalue weighted by molar-refractivity contribution is -0.139. The Hall–Kier alpha value is -2.49. The molecule has 2 heterocycles. The van der Waals surface area contributed by atoms with Crippen LogP contribution in [0.1, 0.15) is 30.7 Å². The summed E-state index contributed by atoms with van der Waals surface area (Å²) in [5.74, 6) is 1.03. The number of aromatic nitrogens is 2. The van der Waals surface area contributed by atoms with Crippen molar-refractivity contribution in [2.24, 2.45) is 5.92 Å². The fraction of sp³-hybridized carbons (Fsp3) is 0.360. The molecule has 1 aromatic heterocycles. The third kappa shape index (κ3) is 5.11. The van der Waals surface area contributed by atoms with Gasteiger partial charge in [0.25, 0.3) is 0 Å². The average molecular weight is 503 g/mol. The third-order valence-electron chi connectivity index (χ3n) is 6.51. The molecule has 9 heteroatoms. The molecule has 2 atom stereocenters. The van der Waals surface area contributed by atoms with Gasteiger partial charge in [0.05, 0.1) is 18.6 Å². The highest BCUT2D eigenvalue weighted by Gasteiger charge is 2.36. The minimum Gasteiger partial charge on any atom is -0.392 e. The summed E-state index contributed by atoms with van der Waals surface area (Å²) in [7, 11) is 0. The quantitative estimate of drug-likeness (QED) is 0.552. The minimum absolute atomic E-state index is 0. The number of hydrogen-bond acceptors (Lipinski definition) is 4. The summed E-state index contributed by atoms with van der Waals surface area (Å²) in [6.07, 6.45) is 1.78. The van der Waals surface area contributed by atoms with Crippen LogP contribution in [-0.2, 0) is 17.9 Å². The van der Waals surface area contributed by atoms with E-state index in [0.717, 1.165) is 41.4 Å². The second kappa shape index (κ2) is 10.8. The Balaban J connectivity index is 0.00000162. The van der Waals surface area contributed by atoms with Gasteiger partial charge in [0, 0.05) is 24.3 Å². The lowest BCUT2D eigenvalue weighted by Gasteiger charge is -2.31. The zero-order valence-electron chi connectivity index (χ0n) is 19.1. The third-order valence-corrected chi connectivity index (χ3v) is 6.51. The average Bonchev–Trinajstić information content (AvgIpc) is 3.38. The van der Waals surface area contributed by atoms with E-state index in [2.05, 4.69) is 9.88 Å². The Morgan fingerprint density at radius 2 is 1.76 bits per heavy atom. The van der Waals surface area contributed by atoms with Crippen molar-refractivity contribution in [3.63, 3.8) is 0 Å². The fourth-order valence-corrected chi connectivity index (χ4v) is 4.69. The number of nitrogens with zero attached hydrogens (tertiary/aromatic N) is 3. The first-order valence-corrected chi connectivity index (χ1v) is 11.2. The molecule has 1 saturated carbocycles. The number of fused-ring (bicyclic) bond motifs is 1.